The number of morpholine rings is 1. The molecule has 2 N–H and O–H groups in total. The number of nitrogens with zero attached hydrogens (tertiary/aromatic N) is 3. The second-order valence-corrected chi connectivity index (χ2v) is 8.93. The number of nitrogens with one attached hydrogen (secondary N) is 2. The lowest BCUT2D eigenvalue weighted by molar-refractivity contribution is 0.102. The van der Waals surface area contributed by atoms with E-state index in [1.54, 1.807) is 48.0 Å². The number of hydrogen-bond acceptors (Lipinski definition) is 7. The van der Waals surface area contributed by atoms with Gasteiger partial charge in [-0.15, -0.1) is 0 Å². The van der Waals surface area contributed by atoms with Crippen molar-refractivity contribution < 1.29 is 14.3 Å². The van der Waals surface area contributed by atoms with Crippen LogP contribution in [0.1, 0.15) is 26.3 Å². The number of amides is 2. The van der Waals surface area contributed by atoms with Crippen LogP contribution >= 0.6 is 11.3 Å². The highest BCUT2D eigenvalue weighted by Gasteiger charge is 2.18. The quantitative estimate of drug-likeness (QED) is 0.448. The van der Waals surface area contributed by atoms with Crippen molar-refractivity contribution in [2.45, 2.75) is 6.92 Å². The Kier molecular flexibility index (Phi) is 6.20. The number of aromatic nitrogens is 2. The molecule has 1 fully saturated rings. The van der Waals surface area contributed by atoms with Crippen molar-refractivity contribution in [2.24, 2.45) is 0 Å². The molecule has 2 amide bonds. The van der Waals surface area contributed by atoms with E-state index in [0.29, 0.717) is 35.7 Å². The fraction of sp³-hybridized carbons (Fsp3) is 0.200. The van der Waals surface area contributed by atoms with Gasteiger partial charge in [-0.25, -0.2) is 4.98 Å². The third-order valence-corrected chi connectivity index (χ3v) is 6.69. The number of carbonyl (C=O) groups is 2. The van der Waals surface area contributed by atoms with E-state index in [4.69, 9.17) is 9.72 Å². The average Bonchev–Trinajstić information content (AvgIpc) is 3.30. The number of benzene rings is 2. The van der Waals surface area contributed by atoms with Gasteiger partial charge in [-0.2, -0.15) is 0 Å². The summed E-state index contributed by atoms with van der Waals surface area (Å²) in [5.74, 6) is -0.599. The van der Waals surface area contributed by atoms with Crippen LogP contribution < -0.4 is 15.5 Å². The molecule has 0 unspecified atom stereocenters. The van der Waals surface area contributed by atoms with Gasteiger partial charge in [-0.1, -0.05) is 23.5 Å². The number of para-hydroxylation sites is 1. The molecule has 0 aliphatic carbocycles. The molecule has 0 atom stereocenters. The maximum Gasteiger partial charge on any atom is 0.257 e. The van der Waals surface area contributed by atoms with Crippen LogP contribution in [0, 0.1) is 6.92 Å². The number of ether oxygens (including phenoxy) is 1. The Morgan fingerprint density at radius 3 is 2.59 bits per heavy atom. The van der Waals surface area contributed by atoms with Crippen molar-refractivity contribution in [1.29, 1.82) is 0 Å². The molecule has 3 heterocycles. The fourth-order valence-electron chi connectivity index (χ4n) is 3.79. The number of anilines is 3. The molecule has 2 aromatic heterocycles. The molecule has 2 aromatic carbocycles. The standard InChI is InChI=1S/C25H23N5O3S/c1-16-3-2-4-19(22(16)29-23(31)17-7-9-26-10-8-17)24(32)27-18-5-6-20-21(15-18)34-25(28-20)30-11-13-33-14-12-30/h2-10,15H,11-14H2,1H3,(H,27,32)(H,29,31). The molecule has 9 heteroatoms. The van der Waals surface area contributed by atoms with Crippen LogP contribution in [0.25, 0.3) is 10.2 Å². The molecule has 172 valence electrons. The summed E-state index contributed by atoms with van der Waals surface area (Å²) in [5, 5.41) is 6.80. The Labute approximate surface area is 200 Å². The van der Waals surface area contributed by atoms with Gasteiger partial charge in [0.15, 0.2) is 5.13 Å². The summed E-state index contributed by atoms with van der Waals surface area (Å²) < 4.78 is 6.42. The van der Waals surface area contributed by atoms with Gasteiger partial charge >= 0.3 is 0 Å². The van der Waals surface area contributed by atoms with Gasteiger partial charge in [-0.05, 0) is 48.9 Å². The average molecular weight is 474 g/mol. The molecule has 0 bridgehead atoms. The van der Waals surface area contributed by atoms with E-state index in [-0.39, 0.29) is 11.8 Å². The Morgan fingerprint density at radius 1 is 1.00 bits per heavy atom. The normalized spacial score (nSPS) is 13.6. The minimum atomic E-state index is -0.300. The van der Waals surface area contributed by atoms with Gasteiger partial charge in [0.05, 0.1) is 34.7 Å². The van der Waals surface area contributed by atoms with Crippen LogP contribution in [0.2, 0.25) is 0 Å². The summed E-state index contributed by atoms with van der Waals surface area (Å²) in [6, 6.07) is 14.3. The summed E-state index contributed by atoms with van der Waals surface area (Å²) in [6.07, 6.45) is 3.11. The van der Waals surface area contributed by atoms with E-state index in [0.717, 1.165) is 34.0 Å². The first-order chi connectivity index (χ1) is 16.6. The molecular formula is C25H23N5O3S. The van der Waals surface area contributed by atoms with Gasteiger partial charge < -0.3 is 20.3 Å². The molecule has 1 aliphatic rings. The summed E-state index contributed by atoms with van der Waals surface area (Å²) in [4.78, 5) is 36.8. The molecule has 1 saturated heterocycles. The van der Waals surface area contributed by atoms with Crippen molar-refractivity contribution in [2.75, 3.05) is 41.8 Å². The van der Waals surface area contributed by atoms with E-state index in [9.17, 15) is 9.59 Å². The summed E-state index contributed by atoms with van der Waals surface area (Å²) in [7, 11) is 0. The smallest absolute Gasteiger partial charge is 0.257 e. The molecule has 34 heavy (non-hydrogen) atoms. The molecule has 8 nitrogen and oxygen atoms in total. The monoisotopic (exact) mass is 473 g/mol. The Hall–Kier alpha value is -3.82. The zero-order valence-electron chi connectivity index (χ0n) is 18.6. The predicted molar refractivity (Wildman–Crippen MR) is 134 cm³/mol. The van der Waals surface area contributed by atoms with Gasteiger partial charge in [0.2, 0.25) is 0 Å². The van der Waals surface area contributed by atoms with Crippen molar-refractivity contribution in [3.05, 3.63) is 77.6 Å². The molecule has 0 saturated carbocycles. The van der Waals surface area contributed by atoms with Crippen LogP contribution in [0.15, 0.2) is 60.9 Å². The van der Waals surface area contributed by atoms with E-state index in [1.165, 1.54) is 0 Å². The molecule has 1 aliphatic heterocycles. The predicted octanol–water partition coefficient (Wildman–Crippen LogP) is 4.34. The molecule has 4 aromatic rings. The highest BCUT2D eigenvalue weighted by atomic mass is 32.1. The van der Waals surface area contributed by atoms with E-state index in [1.807, 2.05) is 31.2 Å². The first kappa shape index (κ1) is 22.0. The lowest BCUT2D eigenvalue weighted by Crippen LogP contribution is -2.36. The minimum absolute atomic E-state index is 0.299. The highest BCUT2D eigenvalue weighted by molar-refractivity contribution is 7.22. The lowest BCUT2D eigenvalue weighted by atomic mass is 10.1. The zero-order chi connectivity index (χ0) is 23.5. The number of thiazole rings is 1. The first-order valence-corrected chi connectivity index (χ1v) is 11.8. The maximum absolute atomic E-state index is 13.2. The second kappa shape index (κ2) is 9.58. The SMILES string of the molecule is Cc1cccc(C(=O)Nc2ccc3nc(N4CCOCC4)sc3c2)c1NC(=O)c1ccncc1. The molecule has 0 radical (unpaired) electrons. The van der Waals surface area contributed by atoms with Gasteiger partial charge in [0.25, 0.3) is 11.8 Å². The fourth-order valence-corrected chi connectivity index (χ4v) is 4.85. The number of pyridine rings is 1. The van der Waals surface area contributed by atoms with Gasteiger partial charge in [0.1, 0.15) is 0 Å². The van der Waals surface area contributed by atoms with E-state index >= 15 is 0 Å². The topological polar surface area (TPSA) is 96.5 Å². The summed E-state index contributed by atoms with van der Waals surface area (Å²) in [6.45, 7) is 4.91. The van der Waals surface area contributed by atoms with Crippen molar-refractivity contribution in [3.8, 4) is 0 Å². The minimum Gasteiger partial charge on any atom is -0.378 e. The zero-order valence-corrected chi connectivity index (χ0v) is 19.4. The van der Waals surface area contributed by atoms with E-state index in [2.05, 4.69) is 20.5 Å². The van der Waals surface area contributed by atoms with Crippen molar-refractivity contribution in [1.82, 2.24) is 9.97 Å². The van der Waals surface area contributed by atoms with Crippen LogP contribution in [-0.4, -0.2) is 48.1 Å². The van der Waals surface area contributed by atoms with Crippen molar-refractivity contribution >= 4 is 49.9 Å². The Bertz CT molecular complexity index is 1350. The largest absolute Gasteiger partial charge is 0.378 e. The van der Waals surface area contributed by atoms with Crippen molar-refractivity contribution in [3.63, 3.8) is 0 Å². The van der Waals surface area contributed by atoms with Crippen LogP contribution in [-0.2, 0) is 4.74 Å². The number of fused-ring (bicyclic) bond motifs is 1. The van der Waals surface area contributed by atoms with Crippen LogP contribution in [0.4, 0.5) is 16.5 Å². The number of carbonyl (C=O) groups excluding carboxylic acids is 2. The number of hydrogen-bond donors (Lipinski definition) is 2. The molecular weight excluding hydrogens is 450 g/mol. The Balaban J connectivity index is 1.36. The molecule has 5 rings (SSSR count). The Morgan fingerprint density at radius 2 is 1.79 bits per heavy atom. The first-order valence-electron chi connectivity index (χ1n) is 10.9. The molecule has 0 spiro atoms. The van der Waals surface area contributed by atoms with Crippen LogP contribution in [0.3, 0.4) is 0 Å². The van der Waals surface area contributed by atoms with Gasteiger partial charge in [0, 0.05) is 36.7 Å². The lowest BCUT2D eigenvalue weighted by Gasteiger charge is -2.25. The number of rotatable bonds is 5. The second-order valence-electron chi connectivity index (χ2n) is 7.92. The number of aryl methyl sites for hydroxylation is 1. The third kappa shape index (κ3) is 4.61. The summed E-state index contributed by atoms with van der Waals surface area (Å²) in [5.41, 5.74) is 3.70. The summed E-state index contributed by atoms with van der Waals surface area (Å²) >= 11 is 1.60. The maximum atomic E-state index is 13.2. The van der Waals surface area contributed by atoms with E-state index < -0.39 is 0 Å². The van der Waals surface area contributed by atoms with Crippen LogP contribution in [0.5, 0.6) is 0 Å². The third-order valence-electron chi connectivity index (χ3n) is 5.62. The van der Waals surface area contributed by atoms with Gasteiger partial charge in [-0.3, -0.25) is 14.6 Å². The highest BCUT2D eigenvalue weighted by Crippen LogP contribution is 2.31.